The van der Waals surface area contributed by atoms with Crippen molar-refractivity contribution in [2.45, 2.75) is 24.1 Å². The van der Waals surface area contributed by atoms with Crippen molar-refractivity contribution in [2.75, 3.05) is 0 Å². The average Bonchev–Trinajstić information content (AvgIpc) is 3.04. The van der Waals surface area contributed by atoms with E-state index in [1.807, 2.05) is 28.8 Å². The number of halogens is 1. The van der Waals surface area contributed by atoms with Crippen molar-refractivity contribution in [3.8, 4) is 0 Å². The van der Waals surface area contributed by atoms with Crippen LogP contribution in [0, 0.1) is 10.1 Å². The Labute approximate surface area is 159 Å². The van der Waals surface area contributed by atoms with Gasteiger partial charge in [0.2, 0.25) is 0 Å². The Morgan fingerprint density at radius 1 is 1.12 bits per heavy atom. The van der Waals surface area contributed by atoms with Gasteiger partial charge in [-0.1, -0.05) is 47.6 Å². The van der Waals surface area contributed by atoms with Gasteiger partial charge in [0.25, 0.3) is 5.69 Å². The minimum Gasteiger partial charge on any atom is -0.390 e. The number of nitro groups is 1. The Kier molecular flexibility index (Phi) is 5.92. The summed E-state index contributed by atoms with van der Waals surface area (Å²) in [6.07, 6.45) is 1.66. The van der Waals surface area contributed by atoms with Crippen LogP contribution in [0.4, 0.5) is 5.69 Å². The maximum atomic E-state index is 10.7. The van der Waals surface area contributed by atoms with E-state index in [4.69, 9.17) is 11.6 Å². The van der Waals surface area contributed by atoms with Crippen molar-refractivity contribution < 1.29 is 10.0 Å². The fraction of sp³-hybridized carbons (Fsp3) is 0.167. The Hall–Kier alpha value is -2.35. The van der Waals surface area contributed by atoms with Crippen molar-refractivity contribution >= 4 is 29.1 Å². The largest absolute Gasteiger partial charge is 0.390 e. The zero-order chi connectivity index (χ0) is 18.5. The number of thioether (sulfide) groups is 1. The molecule has 134 valence electrons. The molecule has 1 heterocycles. The first kappa shape index (κ1) is 18.4. The van der Waals surface area contributed by atoms with Crippen LogP contribution >= 0.6 is 23.4 Å². The Balaban J connectivity index is 1.74. The number of hydrogen-bond donors (Lipinski definition) is 1. The molecule has 0 amide bonds. The molecule has 0 radical (unpaired) electrons. The first-order valence-corrected chi connectivity index (χ1v) is 9.19. The highest BCUT2D eigenvalue weighted by atomic mass is 35.5. The van der Waals surface area contributed by atoms with E-state index in [1.54, 1.807) is 18.3 Å². The first-order chi connectivity index (χ1) is 12.6. The molecule has 0 unspecified atom stereocenters. The van der Waals surface area contributed by atoms with Crippen LogP contribution in [0.3, 0.4) is 0 Å². The van der Waals surface area contributed by atoms with Crippen LogP contribution in [-0.4, -0.2) is 19.6 Å². The molecule has 2 aromatic carbocycles. The zero-order valence-electron chi connectivity index (χ0n) is 13.7. The molecule has 0 aliphatic carbocycles. The molecule has 3 aromatic rings. The van der Waals surface area contributed by atoms with Gasteiger partial charge in [-0.25, -0.2) is 4.98 Å². The summed E-state index contributed by atoms with van der Waals surface area (Å²) in [5.41, 5.74) is 2.82. The summed E-state index contributed by atoms with van der Waals surface area (Å²) in [4.78, 5) is 14.7. The third-order valence-corrected chi connectivity index (χ3v) is 5.15. The van der Waals surface area contributed by atoms with E-state index in [0.717, 1.165) is 22.0 Å². The lowest BCUT2D eigenvalue weighted by atomic mass is 10.2. The van der Waals surface area contributed by atoms with E-state index in [-0.39, 0.29) is 12.3 Å². The van der Waals surface area contributed by atoms with Crippen LogP contribution in [0.25, 0.3) is 0 Å². The van der Waals surface area contributed by atoms with E-state index in [1.165, 1.54) is 23.9 Å². The summed E-state index contributed by atoms with van der Waals surface area (Å²) in [5.74, 6) is 0.625. The molecule has 8 heteroatoms. The summed E-state index contributed by atoms with van der Waals surface area (Å²) < 4.78 is 1.96. The van der Waals surface area contributed by atoms with E-state index in [9.17, 15) is 15.2 Å². The monoisotopic (exact) mass is 389 g/mol. The lowest BCUT2D eigenvalue weighted by Gasteiger charge is -2.11. The third-order valence-electron chi connectivity index (χ3n) is 3.83. The predicted octanol–water partition coefficient (Wildman–Crippen LogP) is 4.28. The maximum Gasteiger partial charge on any atom is 0.269 e. The Bertz CT molecular complexity index is 895. The van der Waals surface area contributed by atoms with E-state index >= 15 is 0 Å². The van der Waals surface area contributed by atoms with Crippen molar-refractivity contribution in [3.05, 3.63) is 86.7 Å². The van der Waals surface area contributed by atoms with E-state index in [0.29, 0.717) is 17.3 Å². The molecule has 0 bridgehead atoms. The Morgan fingerprint density at radius 2 is 1.77 bits per heavy atom. The molecule has 0 aliphatic rings. The molecule has 6 nitrogen and oxygen atoms in total. The minimum atomic E-state index is -0.413. The second-order valence-electron chi connectivity index (χ2n) is 5.62. The number of nitrogens with zero attached hydrogens (tertiary/aromatic N) is 3. The van der Waals surface area contributed by atoms with Gasteiger partial charge in [-0.15, -0.1) is 0 Å². The van der Waals surface area contributed by atoms with Gasteiger partial charge in [0.15, 0.2) is 5.16 Å². The number of aliphatic hydroxyl groups is 1. The van der Waals surface area contributed by atoms with Crippen LogP contribution in [0.15, 0.2) is 59.9 Å². The average molecular weight is 390 g/mol. The normalized spacial score (nSPS) is 10.8. The molecule has 0 fully saturated rings. The van der Waals surface area contributed by atoms with Crippen molar-refractivity contribution in [1.82, 2.24) is 9.55 Å². The smallest absolute Gasteiger partial charge is 0.269 e. The SMILES string of the molecule is O=[N+]([O-])c1ccc(CSc2ncc(CO)n2Cc2ccc(Cl)cc2)cc1. The topological polar surface area (TPSA) is 81.2 Å². The van der Waals surface area contributed by atoms with Gasteiger partial charge in [-0.3, -0.25) is 10.1 Å². The summed E-state index contributed by atoms with van der Waals surface area (Å²) in [6.45, 7) is 0.480. The quantitative estimate of drug-likeness (QED) is 0.370. The van der Waals surface area contributed by atoms with Crippen molar-refractivity contribution in [2.24, 2.45) is 0 Å². The van der Waals surface area contributed by atoms with Gasteiger partial charge in [0, 0.05) is 29.5 Å². The summed E-state index contributed by atoms with van der Waals surface area (Å²) in [5, 5.41) is 21.7. The van der Waals surface area contributed by atoms with Gasteiger partial charge >= 0.3 is 0 Å². The molecular formula is C18H16ClN3O3S. The molecule has 3 rings (SSSR count). The van der Waals surface area contributed by atoms with Gasteiger partial charge in [-0.05, 0) is 23.3 Å². The molecule has 26 heavy (non-hydrogen) atoms. The predicted molar refractivity (Wildman–Crippen MR) is 101 cm³/mol. The third kappa shape index (κ3) is 4.43. The lowest BCUT2D eigenvalue weighted by Crippen LogP contribution is -2.06. The second-order valence-corrected chi connectivity index (χ2v) is 6.99. The van der Waals surface area contributed by atoms with Gasteiger partial charge in [0.1, 0.15) is 0 Å². The van der Waals surface area contributed by atoms with Crippen LogP contribution < -0.4 is 0 Å². The molecule has 0 spiro atoms. The van der Waals surface area contributed by atoms with Gasteiger partial charge in [-0.2, -0.15) is 0 Å². The standard InChI is InChI=1S/C18H16ClN3O3S/c19-15-5-1-13(2-6-15)10-21-17(11-23)9-20-18(21)26-12-14-3-7-16(8-4-14)22(24)25/h1-9,23H,10-12H2. The number of rotatable bonds is 7. The van der Waals surface area contributed by atoms with Gasteiger partial charge in [0.05, 0.1) is 23.4 Å². The number of aromatic nitrogens is 2. The molecule has 0 aliphatic heterocycles. The highest BCUT2D eigenvalue weighted by Crippen LogP contribution is 2.25. The van der Waals surface area contributed by atoms with Crippen LogP contribution in [0.2, 0.25) is 5.02 Å². The number of non-ortho nitro benzene ring substituents is 1. The number of benzene rings is 2. The van der Waals surface area contributed by atoms with Crippen LogP contribution in [0.1, 0.15) is 16.8 Å². The molecular weight excluding hydrogens is 374 g/mol. The fourth-order valence-corrected chi connectivity index (χ4v) is 3.52. The maximum absolute atomic E-state index is 10.7. The van der Waals surface area contributed by atoms with E-state index in [2.05, 4.69) is 4.98 Å². The van der Waals surface area contributed by atoms with Crippen molar-refractivity contribution in [3.63, 3.8) is 0 Å². The summed E-state index contributed by atoms with van der Waals surface area (Å²) >= 11 is 7.44. The number of nitro benzene ring substituents is 1. The lowest BCUT2D eigenvalue weighted by molar-refractivity contribution is -0.384. The highest BCUT2D eigenvalue weighted by Gasteiger charge is 2.12. The van der Waals surface area contributed by atoms with Crippen molar-refractivity contribution in [1.29, 1.82) is 0 Å². The second kappa shape index (κ2) is 8.35. The number of hydrogen-bond acceptors (Lipinski definition) is 5. The number of aliphatic hydroxyl groups excluding tert-OH is 1. The highest BCUT2D eigenvalue weighted by molar-refractivity contribution is 7.98. The van der Waals surface area contributed by atoms with Crippen LogP contribution in [-0.2, 0) is 18.9 Å². The summed E-state index contributed by atoms with van der Waals surface area (Å²) in [7, 11) is 0. The molecule has 1 N–H and O–H groups in total. The summed E-state index contributed by atoms with van der Waals surface area (Å²) in [6, 6.07) is 14.0. The molecule has 0 saturated heterocycles. The zero-order valence-corrected chi connectivity index (χ0v) is 15.3. The fourth-order valence-electron chi connectivity index (χ4n) is 2.44. The van der Waals surface area contributed by atoms with Crippen LogP contribution in [0.5, 0.6) is 0 Å². The van der Waals surface area contributed by atoms with Gasteiger partial charge < -0.3 is 9.67 Å². The minimum absolute atomic E-state index is 0.0746. The molecule has 1 aromatic heterocycles. The number of imidazole rings is 1. The molecule has 0 atom stereocenters. The Morgan fingerprint density at radius 3 is 2.38 bits per heavy atom. The first-order valence-electron chi connectivity index (χ1n) is 7.82. The van der Waals surface area contributed by atoms with E-state index < -0.39 is 4.92 Å². The molecule has 0 saturated carbocycles.